The van der Waals surface area contributed by atoms with Crippen LogP contribution >= 0.6 is 0 Å². The Hall–Kier alpha value is -1.10. The summed E-state index contributed by atoms with van der Waals surface area (Å²) in [5, 5.41) is 0. The molecule has 254 valence electrons. The van der Waals surface area contributed by atoms with E-state index < -0.39 is 35.3 Å². The van der Waals surface area contributed by atoms with Gasteiger partial charge in [0.1, 0.15) is 12.0 Å². The molecule has 4 fully saturated rings. The van der Waals surface area contributed by atoms with E-state index >= 15 is 0 Å². The third kappa shape index (κ3) is 8.06. The van der Waals surface area contributed by atoms with Crippen LogP contribution in [0.5, 0.6) is 0 Å². The average Bonchev–Trinajstić information content (AvgIpc) is 2.95. The maximum atomic E-state index is 14.2. The van der Waals surface area contributed by atoms with Gasteiger partial charge in [-0.2, -0.15) is 0 Å². The lowest BCUT2D eigenvalue weighted by Crippen LogP contribution is -2.61. The Morgan fingerprint density at radius 3 is 2.23 bits per heavy atom. The van der Waals surface area contributed by atoms with Crippen LogP contribution in [-0.2, 0) is 28.5 Å². The molecule has 0 bridgehead atoms. The van der Waals surface area contributed by atoms with Gasteiger partial charge in [-0.1, -0.05) is 33.1 Å². The summed E-state index contributed by atoms with van der Waals surface area (Å²) in [4.78, 5) is 35.1. The number of likely N-dealkylation sites (N-methyl/N-ethyl adjacent to an activating group) is 1. The first-order valence-corrected chi connectivity index (χ1v) is 17.3. The number of esters is 1. The number of methoxy groups -OCH3 is 1. The highest BCUT2D eigenvalue weighted by molar-refractivity contribution is 6.04. The number of rotatable bonds is 6. The number of hydrogen-bond donors (Lipinski definition) is 0. The summed E-state index contributed by atoms with van der Waals surface area (Å²) in [6.45, 7) is 14.9. The predicted molar refractivity (Wildman–Crippen MR) is 172 cm³/mol. The van der Waals surface area contributed by atoms with Crippen molar-refractivity contribution < 1.29 is 28.5 Å². The topological polar surface area (TPSA) is 80.8 Å². The number of likely N-dealkylation sites (tertiary alicyclic amines) is 1. The monoisotopic (exact) mass is 621 g/mol. The second-order valence-electron chi connectivity index (χ2n) is 15.7. The Morgan fingerprint density at radius 2 is 1.61 bits per heavy atom. The second kappa shape index (κ2) is 14.8. The molecule has 0 spiro atoms. The van der Waals surface area contributed by atoms with Gasteiger partial charge < -0.3 is 23.8 Å². The number of cyclic esters (lactones) is 1. The van der Waals surface area contributed by atoms with E-state index in [0.29, 0.717) is 37.5 Å². The fourth-order valence-corrected chi connectivity index (χ4v) is 8.54. The molecule has 4 aliphatic rings. The number of ether oxygens (including phenoxy) is 4. The molecule has 0 amide bonds. The average molecular weight is 622 g/mol. The molecule has 9 nitrogen and oxygen atoms in total. The van der Waals surface area contributed by atoms with Gasteiger partial charge in [0.05, 0.1) is 17.8 Å². The van der Waals surface area contributed by atoms with Crippen LogP contribution in [0.3, 0.4) is 0 Å². The van der Waals surface area contributed by atoms with Gasteiger partial charge in [0.15, 0.2) is 12.1 Å². The standard InChI is InChI=1S/C35H63N3O6/c1-23-18-35(6,41-10)32(44-30-17-28(36(7)8)16-24(2)43-30)25(3)31(39)34(4,5)33(40)42-22-29(37(9)19-23)26-20-38(21-26)27-14-12-11-13-15-27/h23-30,32H,11-22H2,1-10H3/t23-,24-,25+,28+,29+,30+,32-,35-/m1/s1. The third-order valence-electron chi connectivity index (χ3n) is 11.4. The molecule has 0 N–H and O–H groups in total. The molecule has 3 aliphatic heterocycles. The molecule has 4 rings (SSSR count). The van der Waals surface area contributed by atoms with E-state index in [0.717, 1.165) is 26.1 Å². The van der Waals surface area contributed by atoms with Gasteiger partial charge in [-0.15, -0.1) is 0 Å². The summed E-state index contributed by atoms with van der Waals surface area (Å²) in [5.41, 5.74) is -2.09. The minimum absolute atomic E-state index is 0.0344. The van der Waals surface area contributed by atoms with E-state index in [1.165, 1.54) is 32.1 Å². The van der Waals surface area contributed by atoms with Crippen LogP contribution in [0, 0.1) is 23.2 Å². The lowest BCUT2D eigenvalue weighted by Gasteiger charge is -2.50. The molecule has 3 saturated heterocycles. The number of carbonyl (C=O) groups is 2. The molecule has 9 heteroatoms. The maximum absolute atomic E-state index is 14.2. The molecule has 3 heterocycles. The van der Waals surface area contributed by atoms with Crippen molar-refractivity contribution in [2.24, 2.45) is 23.2 Å². The smallest absolute Gasteiger partial charge is 0.319 e. The van der Waals surface area contributed by atoms with Crippen molar-refractivity contribution in [3.63, 3.8) is 0 Å². The maximum Gasteiger partial charge on any atom is 0.319 e. The van der Waals surface area contributed by atoms with Gasteiger partial charge in [0.2, 0.25) is 0 Å². The molecule has 0 aromatic rings. The van der Waals surface area contributed by atoms with Crippen LogP contribution < -0.4 is 0 Å². The fraction of sp³-hybridized carbons (Fsp3) is 0.943. The molecule has 1 aliphatic carbocycles. The largest absolute Gasteiger partial charge is 0.463 e. The van der Waals surface area contributed by atoms with Crippen molar-refractivity contribution in [1.82, 2.24) is 14.7 Å². The molecule has 0 aromatic heterocycles. The molecule has 8 atom stereocenters. The van der Waals surface area contributed by atoms with Crippen LogP contribution in [0.2, 0.25) is 0 Å². The summed E-state index contributed by atoms with van der Waals surface area (Å²) < 4.78 is 25.4. The number of nitrogens with zero attached hydrogens (tertiary/aromatic N) is 3. The molecule has 44 heavy (non-hydrogen) atoms. The van der Waals surface area contributed by atoms with Gasteiger partial charge in [-0.25, -0.2) is 0 Å². The van der Waals surface area contributed by atoms with E-state index in [2.05, 4.69) is 56.6 Å². The molecule has 0 radical (unpaired) electrons. The van der Waals surface area contributed by atoms with Crippen molar-refractivity contribution in [2.75, 3.05) is 54.5 Å². The van der Waals surface area contributed by atoms with E-state index in [1.807, 2.05) is 6.92 Å². The normalized spacial score (nSPS) is 39.7. The Morgan fingerprint density at radius 1 is 0.955 bits per heavy atom. The summed E-state index contributed by atoms with van der Waals surface area (Å²) in [6, 6.07) is 1.11. The zero-order chi connectivity index (χ0) is 32.4. The Bertz CT molecular complexity index is 964. The van der Waals surface area contributed by atoms with E-state index in [9.17, 15) is 9.59 Å². The number of Topliss-reactive ketones (excluding diaryl/α,β-unsaturated/α-hetero) is 1. The summed E-state index contributed by atoms with van der Waals surface area (Å²) in [6.07, 6.45) is 7.91. The summed E-state index contributed by atoms with van der Waals surface area (Å²) >= 11 is 0. The Labute approximate surface area is 267 Å². The number of carbonyl (C=O) groups excluding carboxylic acids is 2. The first kappa shape index (κ1) is 35.7. The summed E-state index contributed by atoms with van der Waals surface area (Å²) in [7, 11) is 8.04. The molecule has 1 saturated carbocycles. The molecule has 0 aromatic carbocycles. The van der Waals surface area contributed by atoms with Crippen molar-refractivity contribution in [3.05, 3.63) is 0 Å². The van der Waals surface area contributed by atoms with Crippen LogP contribution in [0.1, 0.15) is 92.9 Å². The third-order valence-corrected chi connectivity index (χ3v) is 11.4. The first-order chi connectivity index (χ1) is 20.7. The second-order valence-corrected chi connectivity index (χ2v) is 15.7. The predicted octanol–water partition coefficient (Wildman–Crippen LogP) is 4.61. The highest BCUT2D eigenvalue weighted by Crippen LogP contribution is 2.39. The quantitative estimate of drug-likeness (QED) is 0.312. The van der Waals surface area contributed by atoms with E-state index in [1.54, 1.807) is 21.0 Å². The molecular formula is C35H63N3O6. The van der Waals surface area contributed by atoms with Crippen molar-refractivity contribution in [3.8, 4) is 0 Å². The van der Waals surface area contributed by atoms with Crippen molar-refractivity contribution >= 4 is 11.8 Å². The Kier molecular flexibility index (Phi) is 12.0. The zero-order valence-corrected chi connectivity index (χ0v) is 29.5. The molecular weight excluding hydrogens is 558 g/mol. The van der Waals surface area contributed by atoms with Crippen molar-refractivity contribution in [1.29, 1.82) is 0 Å². The Balaban J connectivity index is 1.57. The minimum Gasteiger partial charge on any atom is -0.463 e. The van der Waals surface area contributed by atoms with Crippen LogP contribution in [-0.4, -0.2) is 123 Å². The SMILES string of the molecule is CO[C@]1(C)C[C@@H](C)CN(C)[C@H](C2CN(C3CCCCC3)C2)COC(=O)C(C)(C)C(=O)[C@H](C)[C@H]1O[C@H]1C[C@@H](N(C)C)C[C@@H](C)O1. The van der Waals surface area contributed by atoms with Gasteiger partial charge in [0.25, 0.3) is 0 Å². The number of hydrogen-bond acceptors (Lipinski definition) is 9. The lowest BCUT2D eigenvalue weighted by molar-refractivity contribution is -0.263. The van der Waals surface area contributed by atoms with Gasteiger partial charge in [-0.05, 0) is 80.4 Å². The van der Waals surface area contributed by atoms with Gasteiger partial charge in [0, 0.05) is 63.1 Å². The van der Waals surface area contributed by atoms with Crippen LogP contribution in [0.15, 0.2) is 0 Å². The highest BCUT2D eigenvalue weighted by atomic mass is 16.7. The minimum atomic E-state index is -1.32. The molecule has 0 unspecified atom stereocenters. The van der Waals surface area contributed by atoms with E-state index in [-0.39, 0.29) is 23.8 Å². The highest BCUT2D eigenvalue weighted by Gasteiger charge is 2.51. The number of ketones is 1. The van der Waals surface area contributed by atoms with E-state index in [4.69, 9.17) is 18.9 Å². The first-order valence-electron chi connectivity index (χ1n) is 17.3. The fourth-order valence-electron chi connectivity index (χ4n) is 8.54. The summed E-state index contributed by atoms with van der Waals surface area (Å²) in [5.74, 6) is -0.576. The zero-order valence-electron chi connectivity index (χ0n) is 29.5. The van der Waals surface area contributed by atoms with Gasteiger partial charge >= 0.3 is 5.97 Å². The van der Waals surface area contributed by atoms with Crippen molar-refractivity contribution in [2.45, 2.75) is 135 Å². The lowest BCUT2D eigenvalue weighted by atomic mass is 9.74. The van der Waals surface area contributed by atoms with Crippen LogP contribution in [0.25, 0.3) is 0 Å². The van der Waals surface area contributed by atoms with Crippen LogP contribution in [0.4, 0.5) is 0 Å². The van der Waals surface area contributed by atoms with Gasteiger partial charge in [-0.3, -0.25) is 19.4 Å².